The lowest BCUT2D eigenvalue weighted by atomic mass is 10.1. The molecule has 3 aromatic carbocycles. The highest BCUT2D eigenvalue weighted by molar-refractivity contribution is 8.18. The van der Waals surface area contributed by atoms with E-state index in [9.17, 15) is 4.79 Å². The number of carbonyl (C=O) groups excluding carboxylic acids is 1. The number of hydrogen-bond acceptors (Lipinski definition) is 5. The number of nitrogens with one attached hydrogen (secondary N) is 1. The van der Waals surface area contributed by atoms with Gasteiger partial charge in [-0.1, -0.05) is 48.0 Å². The molecule has 0 aliphatic carbocycles. The van der Waals surface area contributed by atoms with Crippen molar-refractivity contribution < 1.29 is 14.3 Å². The molecule has 1 aliphatic heterocycles. The van der Waals surface area contributed by atoms with Crippen molar-refractivity contribution >= 4 is 46.2 Å². The quantitative estimate of drug-likeness (QED) is 0.367. The number of rotatable bonds is 7. The zero-order chi connectivity index (χ0) is 24.1. The van der Waals surface area contributed by atoms with E-state index >= 15 is 0 Å². The van der Waals surface area contributed by atoms with Gasteiger partial charge in [-0.05, 0) is 79.6 Å². The van der Waals surface area contributed by atoms with E-state index in [4.69, 9.17) is 21.1 Å². The Labute approximate surface area is 208 Å². The van der Waals surface area contributed by atoms with Crippen LogP contribution < -0.4 is 14.8 Å². The van der Waals surface area contributed by atoms with Gasteiger partial charge in [0.15, 0.2) is 16.7 Å². The minimum atomic E-state index is -0.175. The van der Waals surface area contributed by atoms with Gasteiger partial charge in [-0.2, -0.15) is 0 Å². The Bertz CT molecular complexity index is 1290. The molecular weight excluding hydrogens is 468 g/mol. The second-order valence-corrected chi connectivity index (χ2v) is 9.23. The summed E-state index contributed by atoms with van der Waals surface area (Å²) in [5.41, 5.74) is 4.75. The van der Waals surface area contributed by atoms with Crippen LogP contribution in [0.1, 0.15) is 29.2 Å². The topological polar surface area (TPSA) is 59.9 Å². The maximum absolute atomic E-state index is 12.6. The fourth-order valence-corrected chi connectivity index (χ4v) is 4.38. The van der Waals surface area contributed by atoms with Crippen molar-refractivity contribution in [1.82, 2.24) is 5.32 Å². The number of nitrogens with zero attached hydrogens (tertiary/aromatic N) is 1. The summed E-state index contributed by atoms with van der Waals surface area (Å²) in [6.45, 7) is 6.76. The number of hydrogen-bond donors (Lipinski definition) is 1. The SMILES string of the molecule is CCOc1cc(C=C2SC(=Nc3cc(C)ccc3C)NC2=O)ccc1OCc1ccccc1Cl. The van der Waals surface area contributed by atoms with Crippen LogP contribution in [-0.4, -0.2) is 17.7 Å². The molecule has 0 aromatic heterocycles. The lowest BCUT2D eigenvalue weighted by molar-refractivity contribution is -0.115. The summed E-state index contributed by atoms with van der Waals surface area (Å²) in [4.78, 5) is 17.7. The second-order valence-electron chi connectivity index (χ2n) is 7.79. The van der Waals surface area contributed by atoms with Gasteiger partial charge < -0.3 is 14.8 Å². The number of benzene rings is 3. The van der Waals surface area contributed by atoms with Gasteiger partial charge in [-0.3, -0.25) is 4.79 Å². The Balaban J connectivity index is 1.53. The summed E-state index contributed by atoms with van der Waals surface area (Å²) in [6.07, 6.45) is 1.83. The average molecular weight is 493 g/mol. The number of ether oxygens (including phenoxy) is 2. The number of thioether (sulfide) groups is 1. The fourth-order valence-electron chi connectivity index (χ4n) is 3.35. The van der Waals surface area contributed by atoms with Crippen LogP contribution in [0.4, 0.5) is 5.69 Å². The van der Waals surface area contributed by atoms with Gasteiger partial charge in [0, 0.05) is 10.6 Å². The van der Waals surface area contributed by atoms with Gasteiger partial charge in [0.25, 0.3) is 5.91 Å². The lowest BCUT2D eigenvalue weighted by Gasteiger charge is -2.13. The smallest absolute Gasteiger partial charge is 0.264 e. The molecule has 0 saturated carbocycles. The van der Waals surface area contributed by atoms with Gasteiger partial charge >= 0.3 is 0 Å². The van der Waals surface area contributed by atoms with Gasteiger partial charge in [0.1, 0.15) is 6.61 Å². The average Bonchev–Trinajstić information content (AvgIpc) is 3.15. The van der Waals surface area contributed by atoms with E-state index in [-0.39, 0.29) is 5.91 Å². The molecule has 7 heteroatoms. The van der Waals surface area contributed by atoms with E-state index in [0.717, 1.165) is 27.9 Å². The third-order valence-corrected chi connectivity index (χ3v) is 6.42. The van der Waals surface area contributed by atoms with Gasteiger partial charge in [-0.15, -0.1) is 0 Å². The van der Waals surface area contributed by atoms with Gasteiger partial charge in [0.05, 0.1) is 17.2 Å². The summed E-state index contributed by atoms with van der Waals surface area (Å²) in [7, 11) is 0. The highest BCUT2D eigenvalue weighted by Gasteiger charge is 2.24. The van der Waals surface area contributed by atoms with Crippen LogP contribution in [0.5, 0.6) is 11.5 Å². The van der Waals surface area contributed by atoms with Crippen molar-refractivity contribution in [1.29, 1.82) is 0 Å². The Morgan fingerprint density at radius 1 is 1.03 bits per heavy atom. The predicted octanol–water partition coefficient (Wildman–Crippen LogP) is 6.83. The molecule has 0 bridgehead atoms. The van der Waals surface area contributed by atoms with Crippen molar-refractivity contribution in [2.75, 3.05) is 6.61 Å². The van der Waals surface area contributed by atoms with E-state index < -0.39 is 0 Å². The molecule has 34 heavy (non-hydrogen) atoms. The standard InChI is InChI=1S/C27H25ClN2O3S/c1-4-32-24-14-19(11-12-23(24)33-16-20-7-5-6-8-21(20)28)15-25-26(31)30-27(34-25)29-22-13-17(2)9-10-18(22)3/h5-15H,4,16H2,1-3H3,(H,29,30,31). The van der Waals surface area contributed by atoms with Crippen LogP contribution in [-0.2, 0) is 11.4 Å². The minimum Gasteiger partial charge on any atom is -0.490 e. The van der Waals surface area contributed by atoms with Crippen LogP contribution in [0.15, 0.2) is 70.6 Å². The molecule has 0 radical (unpaired) electrons. The number of amides is 1. The van der Waals surface area contributed by atoms with E-state index in [1.54, 1.807) is 0 Å². The zero-order valence-electron chi connectivity index (χ0n) is 19.2. The molecule has 1 heterocycles. The number of aliphatic imine (C=N–C) groups is 1. The van der Waals surface area contributed by atoms with E-state index in [1.807, 2.05) is 87.5 Å². The first-order chi connectivity index (χ1) is 16.4. The van der Waals surface area contributed by atoms with Crippen molar-refractivity contribution in [3.05, 3.63) is 92.8 Å². The fraction of sp³-hybridized carbons (Fsp3) is 0.185. The minimum absolute atomic E-state index is 0.175. The summed E-state index contributed by atoms with van der Waals surface area (Å²) in [6, 6.07) is 19.2. The van der Waals surface area contributed by atoms with E-state index in [1.165, 1.54) is 11.8 Å². The maximum atomic E-state index is 12.6. The largest absolute Gasteiger partial charge is 0.490 e. The zero-order valence-corrected chi connectivity index (χ0v) is 20.8. The van der Waals surface area contributed by atoms with Crippen molar-refractivity contribution in [2.24, 2.45) is 4.99 Å². The number of halogens is 1. The maximum Gasteiger partial charge on any atom is 0.264 e. The summed E-state index contributed by atoms with van der Waals surface area (Å²) in [5, 5.41) is 4.07. The summed E-state index contributed by atoms with van der Waals surface area (Å²) in [5.74, 6) is 1.05. The highest BCUT2D eigenvalue weighted by Crippen LogP contribution is 2.33. The molecule has 1 aliphatic rings. The molecule has 1 N–H and O–H groups in total. The highest BCUT2D eigenvalue weighted by atomic mass is 35.5. The third-order valence-electron chi connectivity index (χ3n) is 5.14. The molecule has 0 unspecified atom stereocenters. The number of aryl methyl sites for hydroxylation is 2. The first-order valence-corrected chi connectivity index (χ1v) is 12.1. The first-order valence-electron chi connectivity index (χ1n) is 10.9. The molecule has 3 aromatic rings. The van der Waals surface area contributed by atoms with Gasteiger partial charge in [-0.25, -0.2) is 4.99 Å². The Morgan fingerprint density at radius 3 is 2.65 bits per heavy atom. The summed E-state index contributed by atoms with van der Waals surface area (Å²) >= 11 is 7.55. The van der Waals surface area contributed by atoms with Crippen molar-refractivity contribution in [3.63, 3.8) is 0 Å². The Kier molecular flexibility index (Phi) is 7.60. The molecule has 5 nitrogen and oxygen atoms in total. The second kappa shape index (κ2) is 10.8. The monoisotopic (exact) mass is 492 g/mol. The molecule has 174 valence electrons. The number of amidine groups is 1. The molecular formula is C27H25ClN2O3S. The van der Waals surface area contributed by atoms with Crippen LogP contribution in [0.25, 0.3) is 6.08 Å². The van der Waals surface area contributed by atoms with Crippen LogP contribution >= 0.6 is 23.4 Å². The first kappa shape index (κ1) is 23.9. The Morgan fingerprint density at radius 2 is 1.85 bits per heavy atom. The van der Waals surface area contributed by atoms with Crippen LogP contribution in [0.3, 0.4) is 0 Å². The van der Waals surface area contributed by atoms with Crippen molar-refractivity contribution in [2.45, 2.75) is 27.4 Å². The summed E-state index contributed by atoms with van der Waals surface area (Å²) < 4.78 is 11.8. The molecule has 1 saturated heterocycles. The predicted molar refractivity (Wildman–Crippen MR) is 140 cm³/mol. The van der Waals surface area contributed by atoms with Gasteiger partial charge in [0.2, 0.25) is 0 Å². The molecule has 0 spiro atoms. The lowest BCUT2D eigenvalue weighted by Crippen LogP contribution is -2.19. The van der Waals surface area contributed by atoms with E-state index in [0.29, 0.717) is 39.8 Å². The van der Waals surface area contributed by atoms with Crippen molar-refractivity contribution in [3.8, 4) is 11.5 Å². The molecule has 4 rings (SSSR count). The van der Waals surface area contributed by atoms with Crippen LogP contribution in [0, 0.1) is 13.8 Å². The normalized spacial score (nSPS) is 15.6. The third kappa shape index (κ3) is 5.82. The Hall–Kier alpha value is -3.22. The number of carbonyl (C=O) groups is 1. The molecule has 1 amide bonds. The van der Waals surface area contributed by atoms with E-state index in [2.05, 4.69) is 10.3 Å². The molecule has 1 fully saturated rings. The van der Waals surface area contributed by atoms with Crippen LogP contribution in [0.2, 0.25) is 5.02 Å². The molecule has 0 atom stereocenters.